The molecule has 0 N–H and O–H groups in total. The van der Waals surface area contributed by atoms with Crippen LogP contribution in [0.1, 0.15) is 21.5 Å². The van der Waals surface area contributed by atoms with Crippen LogP contribution in [0.4, 0.5) is 5.69 Å². The third kappa shape index (κ3) is 3.98. The molecule has 0 unspecified atom stereocenters. The van der Waals surface area contributed by atoms with Crippen molar-refractivity contribution in [3.63, 3.8) is 0 Å². The maximum absolute atomic E-state index is 12.1. The fraction of sp³-hybridized carbons (Fsp3) is 0.188. The second-order valence-electron chi connectivity index (χ2n) is 4.79. The number of nitro groups is 1. The molecule has 0 amide bonds. The zero-order chi connectivity index (χ0) is 17.0. The Bertz CT molecular complexity index is 760. The number of aryl methyl sites for hydroxylation is 1. The van der Waals surface area contributed by atoms with Crippen LogP contribution in [0, 0.1) is 17.0 Å². The predicted octanol–water partition coefficient (Wildman–Crippen LogP) is 3.92. The summed E-state index contributed by atoms with van der Waals surface area (Å²) in [5.74, 6) is -0.118. The molecular weight excluding hydrogens is 322 g/mol. The number of carbonyl (C=O) groups is 1. The molecule has 0 aliphatic heterocycles. The number of methoxy groups -OCH3 is 1. The number of nitro benzene ring substituents is 1. The predicted molar refractivity (Wildman–Crippen MR) is 85.0 cm³/mol. The SMILES string of the molecule is COc1ccc(Cl)cc1COC(=O)c1ccc(C)c([N+](=O)[O-])c1. The maximum Gasteiger partial charge on any atom is 0.338 e. The fourth-order valence-corrected chi connectivity index (χ4v) is 2.21. The molecule has 0 heterocycles. The molecule has 0 aromatic heterocycles. The molecular formula is C16H14ClNO5. The zero-order valence-electron chi connectivity index (χ0n) is 12.5. The third-order valence-corrected chi connectivity index (χ3v) is 3.48. The normalized spacial score (nSPS) is 10.2. The molecule has 0 fully saturated rings. The lowest BCUT2D eigenvalue weighted by molar-refractivity contribution is -0.385. The molecule has 0 aliphatic rings. The molecule has 7 heteroatoms. The number of benzene rings is 2. The van der Waals surface area contributed by atoms with E-state index in [1.165, 1.54) is 25.3 Å². The Morgan fingerprint density at radius 3 is 2.65 bits per heavy atom. The van der Waals surface area contributed by atoms with Crippen LogP contribution in [0.15, 0.2) is 36.4 Å². The summed E-state index contributed by atoms with van der Waals surface area (Å²) < 4.78 is 10.4. The fourth-order valence-electron chi connectivity index (χ4n) is 2.02. The molecule has 0 saturated heterocycles. The Morgan fingerprint density at radius 2 is 2.00 bits per heavy atom. The summed E-state index contributed by atoms with van der Waals surface area (Å²) in [6.45, 7) is 1.55. The van der Waals surface area contributed by atoms with Gasteiger partial charge in [-0.25, -0.2) is 4.79 Å². The van der Waals surface area contributed by atoms with Gasteiger partial charge in [0.15, 0.2) is 0 Å². The van der Waals surface area contributed by atoms with Crippen LogP contribution in [-0.4, -0.2) is 18.0 Å². The Kier molecular flexibility index (Phi) is 5.18. The van der Waals surface area contributed by atoms with Crippen LogP contribution < -0.4 is 4.74 Å². The first kappa shape index (κ1) is 16.8. The molecule has 2 rings (SSSR count). The van der Waals surface area contributed by atoms with E-state index in [1.807, 2.05) is 0 Å². The Hall–Kier alpha value is -2.60. The monoisotopic (exact) mass is 335 g/mol. The number of nitrogens with zero attached hydrogens (tertiary/aromatic N) is 1. The van der Waals surface area contributed by atoms with Crippen molar-refractivity contribution in [2.75, 3.05) is 7.11 Å². The lowest BCUT2D eigenvalue weighted by Gasteiger charge is -2.10. The van der Waals surface area contributed by atoms with Crippen molar-refractivity contribution in [1.82, 2.24) is 0 Å². The van der Waals surface area contributed by atoms with E-state index < -0.39 is 10.9 Å². The minimum atomic E-state index is -0.657. The Balaban J connectivity index is 2.16. The van der Waals surface area contributed by atoms with Crippen molar-refractivity contribution in [3.8, 4) is 5.75 Å². The second kappa shape index (κ2) is 7.11. The van der Waals surface area contributed by atoms with Gasteiger partial charge in [-0.15, -0.1) is 0 Å². The standard InChI is InChI=1S/C16H14ClNO5/c1-10-3-4-11(8-14(10)18(20)21)16(19)23-9-12-7-13(17)5-6-15(12)22-2/h3-8H,9H2,1-2H3. The molecule has 0 saturated carbocycles. The van der Waals surface area contributed by atoms with E-state index in [4.69, 9.17) is 21.1 Å². The highest BCUT2D eigenvalue weighted by atomic mass is 35.5. The van der Waals surface area contributed by atoms with E-state index in [0.717, 1.165) is 0 Å². The molecule has 120 valence electrons. The van der Waals surface area contributed by atoms with Crippen LogP contribution in [0.5, 0.6) is 5.75 Å². The Labute approximate surface area is 137 Å². The van der Waals surface area contributed by atoms with Crippen molar-refractivity contribution in [2.45, 2.75) is 13.5 Å². The van der Waals surface area contributed by atoms with Crippen LogP contribution in [0.3, 0.4) is 0 Å². The minimum Gasteiger partial charge on any atom is -0.496 e. The molecule has 0 bridgehead atoms. The zero-order valence-corrected chi connectivity index (χ0v) is 13.3. The minimum absolute atomic E-state index is 0.0513. The van der Waals surface area contributed by atoms with Gasteiger partial charge in [0.1, 0.15) is 12.4 Å². The highest BCUT2D eigenvalue weighted by molar-refractivity contribution is 6.30. The summed E-state index contributed by atoms with van der Waals surface area (Å²) >= 11 is 5.91. The van der Waals surface area contributed by atoms with E-state index in [2.05, 4.69) is 0 Å². The van der Waals surface area contributed by atoms with Gasteiger partial charge >= 0.3 is 5.97 Å². The topological polar surface area (TPSA) is 78.7 Å². The van der Waals surface area contributed by atoms with Gasteiger partial charge in [0.25, 0.3) is 5.69 Å². The van der Waals surface area contributed by atoms with Crippen molar-refractivity contribution in [1.29, 1.82) is 0 Å². The smallest absolute Gasteiger partial charge is 0.338 e. The number of hydrogen-bond donors (Lipinski definition) is 0. The van der Waals surface area contributed by atoms with E-state index >= 15 is 0 Å². The Morgan fingerprint density at radius 1 is 1.26 bits per heavy atom. The summed E-state index contributed by atoms with van der Waals surface area (Å²) in [6.07, 6.45) is 0. The van der Waals surface area contributed by atoms with Gasteiger partial charge in [0.05, 0.1) is 17.6 Å². The molecule has 0 aliphatic carbocycles. The quantitative estimate of drug-likeness (QED) is 0.470. The molecule has 23 heavy (non-hydrogen) atoms. The molecule has 2 aromatic rings. The molecule has 0 spiro atoms. The van der Waals surface area contributed by atoms with Gasteiger partial charge in [-0.2, -0.15) is 0 Å². The lowest BCUT2D eigenvalue weighted by Crippen LogP contribution is -2.07. The number of hydrogen-bond acceptors (Lipinski definition) is 5. The third-order valence-electron chi connectivity index (χ3n) is 3.24. The first-order valence-electron chi connectivity index (χ1n) is 6.67. The van der Waals surface area contributed by atoms with E-state index in [-0.39, 0.29) is 17.9 Å². The average Bonchev–Trinajstić information content (AvgIpc) is 2.52. The summed E-state index contributed by atoms with van der Waals surface area (Å²) in [6, 6.07) is 9.16. The number of carbonyl (C=O) groups excluding carboxylic acids is 1. The van der Waals surface area contributed by atoms with Crippen LogP contribution in [-0.2, 0) is 11.3 Å². The summed E-state index contributed by atoms with van der Waals surface area (Å²) in [5.41, 5.74) is 1.07. The van der Waals surface area contributed by atoms with Crippen LogP contribution in [0.25, 0.3) is 0 Å². The van der Waals surface area contributed by atoms with Crippen LogP contribution >= 0.6 is 11.6 Å². The average molecular weight is 336 g/mol. The summed E-state index contributed by atoms with van der Waals surface area (Å²) in [7, 11) is 1.50. The van der Waals surface area contributed by atoms with Gasteiger partial charge in [0.2, 0.25) is 0 Å². The number of esters is 1. The van der Waals surface area contributed by atoms with Gasteiger partial charge < -0.3 is 9.47 Å². The van der Waals surface area contributed by atoms with Crippen molar-refractivity contribution in [2.24, 2.45) is 0 Å². The second-order valence-corrected chi connectivity index (χ2v) is 5.23. The number of ether oxygens (including phenoxy) is 2. The molecule has 0 atom stereocenters. The van der Waals surface area contributed by atoms with Crippen molar-refractivity contribution in [3.05, 3.63) is 68.2 Å². The first-order valence-corrected chi connectivity index (χ1v) is 7.04. The van der Waals surface area contributed by atoms with E-state index in [1.54, 1.807) is 25.1 Å². The van der Waals surface area contributed by atoms with Gasteiger partial charge in [-0.1, -0.05) is 17.7 Å². The lowest BCUT2D eigenvalue weighted by atomic mass is 10.1. The maximum atomic E-state index is 12.1. The van der Waals surface area contributed by atoms with E-state index in [9.17, 15) is 14.9 Å². The highest BCUT2D eigenvalue weighted by Gasteiger charge is 2.16. The van der Waals surface area contributed by atoms with Gasteiger partial charge in [-0.05, 0) is 31.2 Å². The number of rotatable bonds is 5. The molecule has 0 radical (unpaired) electrons. The number of halogens is 1. The molecule has 6 nitrogen and oxygen atoms in total. The van der Waals surface area contributed by atoms with Gasteiger partial charge in [-0.3, -0.25) is 10.1 Å². The van der Waals surface area contributed by atoms with Crippen molar-refractivity contribution >= 4 is 23.3 Å². The molecule has 2 aromatic carbocycles. The summed E-state index contributed by atoms with van der Waals surface area (Å²) in [4.78, 5) is 22.5. The van der Waals surface area contributed by atoms with Gasteiger partial charge in [0, 0.05) is 22.2 Å². The highest BCUT2D eigenvalue weighted by Crippen LogP contribution is 2.24. The van der Waals surface area contributed by atoms with Crippen molar-refractivity contribution < 1.29 is 19.2 Å². The van der Waals surface area contributed by atoms with E-state index in [0.29, 0.717) is 21.9 Å². The largest absolute Gasteiger partial charge is 0.496 e. The first-order chi connectivity index (χ1) is 10.9. The summed E-state index contributed by atoms with van der Waals surface area (Å²) in [5, 5.41) is 11.4. The van der Waals surface area contributed by atoms with Crippen LogP contribution in [0.2, 0.25) is 5.02 Å².